The fraction of sp³-hybridized carbons (Fsp3) is 0.0714. The lowest BCUT2D eigenvalue weighted by Crippen LogP contribution is -2.11. The summed E-state index contributed by atoms with van der Waals surface area (Å²) in [5.74, 6) is 5.04. The van der Waals surface area contributed by atoms with Crippen LogP contribution in [0.5, 0.6) is 0 Å². The molecular weight excluding hydrogens is 282 g/mol. The molecule has 0 aliphatic heterocycles. The van der Waals surface area contributed by atoms with Gasteiger partial charge in [-0.05, 0) is 29.6 Å². The van der Waals surface area contributed by atoms with Gasteiger partial charge >= 0.3 is 0 Å². The Morgan fingerprint density at radius 2 is 2.26 bits per heavy atom. The fourth-order valence-electron chi connectivity index (χ4n) is 1.47. The number of aliphatic hydroxyl groups excluding tert-OH is 1. The third kappa shape index (κ3) is 3.58. The van der Waals surface area contributed by atoms with Crippen molar-refractivity contribution in [3.05, 3.63) is 51.2 Å². The molecule has 0 bridgehead atoms. The average Bonchev–Trinajstić information content (AvgIpc) is 2.84. The molecule has 0 unspecified atom stereocenters. The minimum Gasteiger partial charge on any atom is -0.384 e. The van der Waals surface area contributed by atoms with E-state index in [0.717, 1.165) is 0 Å². The molecule has 0 saturated heterocycles. The molecule has 0 radical (unpaired) electrons. The molecular formula is C14H10ClNO2S. The number of amides is 1. The summed E-state index contributed by atoms with van der Waals surface area (Å²) in [6.45, 7) is -0.231. The number of thiophene rings is 1. The second-order valence-electron chi connectivity index (χ2n) is 3.59. The Bertz CT molecular complexity index is 655. The standard InChI is InChI=1S/C14H10ClNO2S/c15-11-4-1-5-12(9-11)16-14(18)13-10(3-2-7-17)6-8-19-13/h1,4-6,8-9,17H,7H2,(H,16,18). The maximum Gasteiger partial charge on any atom is 0.267 e. The zero-order chi connectivity index (χ0) is 13.7. The summed E-state index contributed by atoms with van der Waals surface area (Å²) >= 11 is 7.16. The highest BCUT2D eigenvalue weighted by atomic mass is 35.5. The van der Waals surface area contributed by atoms with Crippen LogP contribution in [0.2, 0.25) is 5.02 Å². The summed E-state index contributed by atoms with van der Waals surface area (Å²) < 4.78 is 0. The van der Waals surface area contributed by atoms with Gasteiger partial charge in [0.2, 0.25) is 0 Å². The van der Waals surface area contributed by atoms with Crippen molar-refractivity contribution in [2.24, 2.45) is 0 Å². The van der Waals surface area contributed by atoms with Crippen molar-refractivity contribution in [2.75, 3.05) is 11.9 Å². The molecule has 19 heavy (non-hydrogen) atoms. The van der Waals surface area contributed by atoms with Crippen LogP contribution in [0.4, 0.5) is 5.69 Å². The number of carbonyl (C=O) groups is 1. The van der Waals surface area contributed by atoms with E-state index in [4.69, 9.17) is 16.7 Å². The first-order valence-electron chi connectivity index (χ1n) is 5.45. The van der Waals surface area contributed by atoms with Crippen LogP contribution in [0.3, 0.4) is 0 Å². The lowest BCUT2D eigenvalue weighted by molar-refractivity contribution is 0.103. The van der Waals surface area contributed by atoms with Gasteiger partial charge in [0, 0.05) is 16.3 Å². The molecule has 2 aromatic rings. The number of nitrogens with one attached hydrogen (secondary N) is 1. The smallest absolute Gasteiger partial charge is 0.267 e. The van der Waals surface area contributed by atoms with Gasteiger partial charge in [0.25, 0.3) is 5.91 Å². The van der Waals surface area contributed by atoms with Gasteiger partial charge in [-0.2, -0.15) is 0 Å². The molecule has 0 atom stereocenters. The lowest BCUT2D eigenvalue weighted by atomic mass is 10.2. The Balaban J connectivity index is 2.19. The van der Waals surface area contributed by atoms with E-state index in [1.54, 1.807) is 35.7 Å². The van der Waals surface area contributed by atoms with E-state index in [1.807, 2.05) is 0 Å². The Hall–Kier alpha value is -1.80. The van der Waals surface area contributed by atoms with E-state index in [-0.39, 0.29) is 12.5 Å². The highest BCUT2D eigenvalue weighted by Gasteiger charge is 2.12. The summed E-state index contributed by atoms with van der Waals surface area (Å²) in [6.07, 6.45) is 0. The number of anilines is 1. The van der Waals surface area contributed by atoms with E-state index >= 15 is 0 Å². The van der Waals surface area contributed by atoms with Gasteiger partial charge in [0.05, 0.1) is 0 Å². The number of halogens is 1. The first-order chi connectivity index (χ1) is 9.20. The van der Waals surface area contributed by atoms with Crippen LogP contribution in [0.15, 0.2) is 35.7 Å². The quantitative estimate of drug-likeness (QED) is 0.836. The Morgan fingerprint density at radius 1 is 1.42 bits per heavy atom. The van der Waals surface area contributed by atoms with Crippen molar-refractivity contribution in [1.29, 1.82) is 0 Å². The molecule has 2 rings (SSSR count). The first kappa shape index (κ1) is 13.6. The van der Waals surface area contributed by atoms with Crippen molar-refractivity contribution in [1.82, 2.24) is 0 Å². The molecule has 2 N–H and O–H groups in total. The normalized spacial score (nSPS) is 9.58. The molecule has 0 saturated carbocycles. The molecule has 0 spiro atoms. The maximum absolute atomic E-state index is 12.1. The van der Waals surface area contributed by atoms with Gasteiger partial charge < -0.3 is 10.4 Å². The largest absolute Gasteiger partial charge is 0.384 e. The number of hydrogen-bond donors (Lipinski definition) is 2. The van der Waals surface area contributed by atoms with Crippen molar-refractivity contribution < 1.29 is 9.90 Å². The van der Waals surface area contributed by atoms with Gasteiger partial charge in [-0.25, -0.2) is 0 Å². The van der Waals surface area contributed by atoms with Crippen LogP contribution in [-0.2, 0) is 0 Å². The molecule has 0 fully saturated rings. The number of hydrogen-bond acceptors (Lipinski definition) is 3. The SMILES string of the molecule is O=C(Nc1cccc(Cl)c1)c1sccc1C#CCO. The molecule has 5 heteroatoms. The fourth-order valence-corrected chi connectivity index (χ4v) is 2.41. The summed E-state index contributed by atoms with van der Waals surface area (Å²) in [6, 6.07) is 8.68. The topological polar surface area (TPSA) is 49.3 Å². The minimum atomic E-state index is -0.237. The molecule has 1 heterocycles. The summed E-state index contributed by atoms with van der Waals surface area (Å²) in [7, 11) is 0. The molecule has 96 valence electrons. The molecule has 0 aliphatic rings. The highest BCUT2D eigenvalue weighted by molar-refractivity contribution is 7.12. The predicted octanol–water partition coefficient (Wildman–Crippen LogP) is 3.00. The number of rotatable bonds is 2. The van der Waals surface area contributed by atoms with Gasteiger partial charge in [-0.15, -0.1) is 11.3 Å². The monoisotopic (exact) mass is 291 g/mol. The zero-order valence-corrected chi connectivity index (χ0v) is 11.4. The Morgan fingerprint density at radius 3 is 3.00 bits per heavy atom. The third-order valence-corrected chi connectivity index (χ3v) is 3.40. The Labute approximate surface area is 119 Å². The van der Waals surface area contributed by atoms with E-state index in [2.05, 4.69) is 17.2 Å². The zero-order valence-electron chi connectivity index (χ0n) is 9.81. The number of carbonyl (C=O) groups excluding carboxylic acids is 1. The van der Waals surface area contributed by atoms with Gasteiger partial charge in [0.15, 0.2) is 0 Å². The lowest BCUT2D eigenvalue weighted by Gasteiger charge is -2.04. The molecule has 0 aliphatic carbocycles. The van der Waals surface area contributed by atoms with E-state index < -0.39 is 0 Å². The molecule has 1 amide bonds. The maximum atomic E-state index is 12.1. The second kappa shape index (κ2) is 6.39. The summed E-state index contributed by atoms with van der Waals surface area (Å²) in [4.78, 5) is 12.6. The highest BCUT2D eigenvalue weighted by Crippen LogP contribution is 2.20. The minimum absolute atomic E-state index is 0.231. The van der Waals surface area contributed by atoms with Crippen molar-refractivity contribution in [3.63, 3.8) is 0 Å². The van der Waals surface area contributed by atoms with Crippen molar-refractivity contribution in [3.8, 4) is 11.8 Å². The predicted molar refractivity (Wildman–Crippen MR) is 77.7 cm³/mol. The van der Waals surface area contributed by atoms with Crippen molar-refractivity contribution >= 4 is 34.5 Å². The van der Waals surface area contributed by atoms with Crippen molar-refractivity contribution in [2.45, 2.75) is 0 Å². The van der Waals surface area contributed by atoms with Gasteiger partial charge in [-0.3, -0.25) is 4.79 Å². The number of benzene rings is 1. The first-order valence-corrected chi connectivity index (χ1v) is 6.70. The Kier molecular flexibility index (Phi) is 4.58. The van der Waals surface area contributed by atoms with Gasteiger partial charge in [-0.1, -0.05) is 29.5 Å². The number of aliphatic hydroxyl groups is 1. The molecule has 1 aromatic carbocycles. The van der Waals surface area contributed by atoms with Gasteiger partial charge in [0.1, 0.15) is 11.5 Å². The van der Waals surface area contributed by atoms with Crippen LogP contribution in [-0.4, -0.2) is 17.6 Å². The van der Waals surface area contributed by atoms with Crippen LogP contribution in [0, 0.1) is 11.8 Å². The van der Waals surface area contributed by atoms with E-state index in [9.17, 15) is 4.79 Å². The third-order valence-electron chi connectivity index (χ3n) is 2.26. The van der Waals surface area contributed by atoms with E-state index in [0.29, 0.717) is 21.2 Å². The molecule has 3 nitrogen and oxygen atoms in total. The average molecular weight is 292 g/mol. The summed E-state index contributed by atoms with van der Waals surface area (Å²) in [5.41, 5.74) is 1.24. The van der Waals surface area contributed by atoms with Crippen LogP contribution in [0.25, 0.3) is 0 Å². The van der Waals surface area contributed by atoms with Crippen LogP contribution in [0.1, 0.15) is 15.2 Å². The van der Waals surface area contributed by atoms with Crippen LogP contribution < -0.4 is 5.32 Å². The molecule has 1 aromatic heterocycles. The van der Waals surface area contributed by atoms with E-state index in [1.165, 1.54) is 11.3 Å². The van der Waals surface area contributed by atoms with Crippen LogP contribution >= 0.6 is 22.9 Å². The summed E-state index contributed by atoms with van der Waals surface area (Å²) in [5, 5.41) is 13.8. The second-order valence-corrected chi connectivity index (χ2v) is 4.94.